The van der Waals surface area contributed by atoms with E-state index >= 15 is 0 Å². The lowest BCUT2D eigenvalue weighted by Crippen LogP contribution is -2.10. The smallest absolute Gasteiger partial charge is 0.294 e. The van der Waals surface area contributed by atoms with Crippen molar-refractivity contribution < 1.29 is 35.4 Å². The molecule has 0 radical (unpaired) electrons. The van der Waals surface area contributed by atoms with Gasteiger partial charge in [0.25, 0.3) is 20.2 Å². The van der Waals surface area contributed by atoms with Crippen molar-refractivity contribution in [1.82, 2.24) is 0 Å². The van der Waals surface area contributed by atoms with Gasteiger partial charge in [0.15, 0.2) is 0 Å². The SMILES string of the molecule is COc1cccc(S(=O)(=O)O)c1Cc1c(OC)cccc1S(=O)(=O)O. The number of rotatable bonds is 6. The second-order valence-corrected chi connectivity index (χ2v) is 7.78. The summed E-state index contributed by atoms with van der Waals surface area (Å²) in [5.74, 6) is 0.254. The Balaban J connectivity index is 2.78. The lowest BCUT2D eigenvalue weighted by molar-refractivity contribution is 0.401. The molecule has 0 aliphatic carbocycles. The Bertz CT molecular complexity index is 913. The van der Waals surface area contributed by atoms with Crippen molar-refractivity contribution in [1.29, 1.82) is 0 Å². The quantitative estimate of drug-likeness (QED) is 0.717. The highest BCUT2D eigenvalue weighted by Crippen LogP contribution is 2.34. The molecule has 0 fully saturated rings. The van der Waals surface area contributed by atoms with Crippen LogP contribution in [0.25, 0.3) is 0 Å². The van der Waals surface area contributed by atoms with Crippen molar-refractivity contribution in [2.24, 2.45) is 0 Å². The van der Waals surface area contributed by atoms with Crippen LogP contribution in [0.3, 0.4) is 0 Å². The summed E-state index contributed by atoms with van der Waals surface area (Å²) in [6.45, 7) is 0. The first-order valence-electron chi connectivity index (χ1n) is 6.86. The fraction of sp³-hybridized carbons (Fsp3) is 0.200. The lowest BCUT2D eigenvalue weighted by atomic mass is 10.0. The minimum absolute atomic E-state index is 0.0295. The predicted molar refractivity (Wildman–Crippen MR) is 88.4 cm³/mol. The molecule has 2 N–H and O–H groups in total. The molecule has 0 aliphatic rings. The van der Waals surface area contributed by atoms with E-state index in [0.717, 1.165) is 12.1 Å². The summed E-state index contributed by atoms with van der Waals surface area (Å²) in [7, 11) is -6.57. The Morgan fingerprint density at radius 2 is 1.12 bits per heavy atom. The summed E-state index contributed by atoms with van der Waals surface area (Å²) in [5, 5.41) is 0. The Labute approximate surface area is 145 Å². The normalized spacial score (nSPS) is 12.0. The van der Waals surface area contributed by atoms with Gasteiger partial charge in [-0.1, -0.05) is 12.1 Å². The molecular weight excluding hydrogens is 372 g/mol. The monoisotopic (exact) mass is 388 g/mol. The van der Waals surface area contributed by atoms with Crippen molar-refractivity contribution >= 4 is 20.2 Å². The van der Waals surface area contributed by atoms with Gasteiger partial charge in [-0.2, -0.15) is 16.8 Å². The summed E-state index contributed by atoms with van der Waals surface area (Å²) in [5.41, 5.74) is 0.0591. The molecule has 0 aliphatic heterocycles. The predicted octanol–water partition coefficient (Wildman–Crippen LogP) is 1.79. The number of hydrogen-bond acceptors (Lipinski definition) is 6. The highest BCUT2D eigenvalue weighted by atomic mass is 32.2. The van der Waals surface area contributed by atoms with Crippen LogP contribution in [0.5, 0.6) is 11.5 Å². The average molecular weight is 388 g/mol. The van der Waals surface area contributed by atoms with Crippen LogP contribution < -0.4 is 9.47 Å². The standard InChI is InChI=1S/C15H16O8S2/c1-22-12-5-3-7-14(24(16,17)18)10(12)9-11-13(23-2)6-4-8-15(11)25(19,20)21/h3-8H,9H2,1-2H3,(H,16,17,18)(H,19,20,21). The van der Waals surface area contributed by atoms with Crippen LogP contribution in [0.2, 0.25) is 0 Å². The van der Waals surface area contributed by atoms with Crippen LogP contribution >= 0.6 is 0 Å². The number of hydrogen-bond donors (Lipinski definition) is 2. The first kappa shape index (κ1) is 19.2. The maximum absolute atomic E-state index is 11.6. The topological polar surface area (TPSA) is 127 Å². The first-order chi connectivity index (χ1) is 11.6. The van der Waals surface area contributed by atoms with Gasteiger partial charge in [-0.3, -0.25) is 9.11 Å². The van der Waals surface area contributed by atoms with Gasteiger partial charge in [0, 0.05) is 17.5 Å². The van der Waals surface area contributed by atoms with E-state index in [4.69, 9.17) is 9.47 Å². The largest absolute Gasteiger partial charge is 0.496 e. The molecule has 0 amide bonds. The van der Waals surface area contributed by atoms with Gasteiger partial charge in [0.2, 0.25) is 0 Å². The van der Waals surface area contributed by atoms with Gasteiger partial charge < -0.3 is 9.47 Å². The molecule has 0 saturated carbocycles. The molecule has 2 rings (SSSR count). The number of ether oxygens (including phenoxy) is 2. The highest BCUT2D eigenvalue weighted by Gasteiger charge is 2.25. The maximum atomic E-state index is 11.6. The second kappa shape index (κ2) is 7.00. The summed E-state index contributed by atoms with van der Waals surface area (Å²) in [6.07, 6.45) is -0.279. The van der Waals surface area contributed by atoms with Gasteiger partial charge in [0.1, 0.15) is 21.3 Å². The molecule has 0 saturated heterocycles. The third-order valence-electron chi connectivity index (χ3n) is 3.53. The summed E-state index contributed by atoms with van der Waals surface area (Å²) in [4.78, 5) is -0.863. The summed E-state index contributed by atoms with van der Waals surface area (Å²) < 4.78 is 75.7. The lowest BCUT2D eigenvalue weighted by Gasteiger charge is -2.16. The highest BCUT2D eigenvalue weighted by molar-refractivity contribution is 7.86. The van der Waals surface area contributed by atoms with Crippen molar-refractivity contribution in [2.75, 3.05) is 14.2 Å². The van der Waals surface area contributed by atoms with Gasteiger partial charge in [-0.25, -0.2) is 0 Å². The maximum Gasteiger partial charge on any atom is 0.294 e. The van der Waals surface area contributed by atoms with Crippen LogP contribution in [0.1, 0.15) is 11.1 Å². The van der Waals surface area contributed by atoms with Crippen molar-refractivity contribution in [3.63, 3.8) is 0 Å². The van der Waals surface area contributed by atoms with E-state index in [2.05, 4.69) is 0 Å². The Morgan fingerprint density at radius 1 is 0.760 bits per heavy atom. The van der Waals surface area contributed by atoms with Crippen molar-refractivity contribution in [3.05, 3.63) is 47.5 Å². The van der Waals surface area contributed by atoms with Crippen LogP contribution in [-0.4, -0.2) is 40.2 Å². The van der Waals surface area contributed by atoms with E-state index in [1.165, 1.54) is 38.5 Å². The van der Waals surface area contributed by atoms with Gasteiger partial charge in [-0.05, 0) is 24.3 Å². The minimum atomic E-state index is -4.59. The molecule has 0 aromatic heterocycles. The molecule has 136 valence electrons. The molecular formula is C15H16O8S2. The summed E-state index contributed by atoms with van der Waals surface area (Å²) >= 11 is 0. The van der Waals surface area contributed by atoms with Crippen LogP contribution in [-0.2, 0) is 26.7 Å². The van der Waals surface area contributed by atoms with Crippen LogP contribution in [0.4, 0.5) is 0 Å². The van der Waals surface area contributed by atoms with Gasteiger partial charge >= 0.3 is 0 Å². The number of benzene rings is 2. The Morgan fingerprint density at radius 3 is 1.40 bits per heavy atom. The molecule has 0 spiro atoms. The molecule has 0 heterocycles. The molecule has 8 nitrogen and oxygen atoms in total. The van der Waals surface area contributed by atoms with Crippen LogP contribution in [0, 0.1) is 0 Å². The first-order valence-corrected chi connectivity index (χ1v) is 9.74. The van der Waals surface area contributed by atoms with E-state index in [1.54, 1.807) is 0 Å². The molecule has 0 bridgehead atoms. The fourth-order valence-electron chi connectivity index (χ4n) is 2.48. The average Bonchev–Trinajstić information content (AvgIpc) is 2.53. The van der Waals surface area contributed by atoms with Gasteiger partial charge in [0.05, 0.1) is 14.2 Å². The van der Waals surface area contributed by atoms with E-state index in [-0.39, 0.29) is 29.0 Å². The summed E-state index contributed by atoms with van der Waals surface area (Å²) in [6, 6.07) is 8.00. The van der Waals surface area contributed by atoms with E-state index in [1.807, 2.05) is 0 Å². The molecule has 10 heteroatoms. The zero-order valence-electron chi connectivity index (χ0n) is 13.3. The molecule has 0 unspecified atom stereocenters. The van der Waals surface area contributed by atoms with Crippen molar-refractivity contribution in [2.45, 2.75) is 16.2 Å². The fourth-order valence-corrected chi connectivity index (χ4v) is 3.95. The zero-order valence-corrected chi connectivity index (χ0v) is 15.0. The van der Waals surface area contributed by atoms with E-state index in [0.29, 0.717) is 0 Å². The molecule has 2 aromatic carbocycles. The number of methoxy groups -OCH3 is 2. The Kier molecular flexibility index (Phi) is 5.37. The van der Waals surface area contributed by atoms with E-state index in [9.17, 15) is 25.9 Å². The Hall–Kier alpha value is -2.14. The zero-order chi connectivity index (χ0) is 18.8. The third-order valence-corrected chi connectivity index (χ3v) is 5.41. The van der Waals surface area contributed by atoms with Gasteiger partial charge in [-0.15, -0.1) is 0 Å². The molecule has 0 atom stereocenters. The molecule has 2 aromatic rings. The van der Waals surface area contributed by atoms with Crippen molar-refractivity contribution in [3.8, 4) is 11.5 Å². The second-order valence-electron chi connectivity index (χ2n) is 5.00. The minimum Gasteiger partial charge on any atom is -0.496 e. The van der Waals surface area contributed by atoms with E-state index < -0.39 is 30.0 Å². The third kappa shape index (κ3) is 4.10. The molecule has 25 heavy (non-hydrogen) atoms. The van der Waals surface area contributed by atoms with Crippen LogP contribution in [0.15, 0.2) is 46.2 Å².